The van der Waals surface area contributed by atoms with Gasteiger partial charge in [0.05, 0.1) is 4.34 Å². The molecule has 3 heteroatoms. The van der Waals surface area contributed by atoms with Crippen LogP contribution in [0.5, 0.6) is 0 Å². The zero-order chi connectivity index (χ0) is 11.1. The largest absolute Gasteiger partial charge is 0.309 e. The van der Waals surface area contributed by atoms with Crippen LogP contribution in [0.25, 0.3) is 0 Å². The Morgan fingerprint density at radius 3 is 2.67 bits per heavy atom. The summed E-state index contributed by atoms with van der Waals surface area (Å²) in [5.41, 5.74) is 0.503. The number of hydrogen-bond acceptors (Lipinski definition) is 2. The Bertz CT molecular complexity index is 345. The number of nitrogens with one attached hydrogen (secondary N) is 1. The van der Waals surface area contributed by atoms with Crippen molar-refractivity contribution >= 4 is 22.9 Å². The van der Waals surface area contributed by atoms with Gasteiger partial charge in [-0.3, -0.25) is 0 Å². The molecular weight excluding hydrogens is 226 g/mol. The molecular formula is C12H18ClNS. The molecule has 1 nitrogen and oxygen atoms in total. The van der Waals surface area contributed by atoms with Gasteiger partial charge in [-0.05, 0) is 36.4 Å². The third-order valence-corrected chi connectivity index (χ3v) is 4.63. The first-order chi connectivity index (χ1) is 7.04. The average molecular weight is 244 g/mol. The maximum atomic E-state index is 5.99. The van der Waals surface area contributed by atoms with Crippen LogP contribution in [0.15, 0.2) is 12.1 Å². The Morgan fingerprint density at radius 1 is 1.60 bits per heavy atom. The Hall–Kier alpha value is -0.0500. The summed E-state index contributed by atoms with van der Waals surface area (Å²) in [6.07, 6.45) is 1.32. The van der Waals surface area contributed by atoms with E-state index in [-0.39, 0.29) is 0 Å². The summed E-state index contributed by atoms with van der Waals surface area (Å²) >= 11 is 7.70. The minimum atomic E-state index is 0.502. The number of halogens is 1. The molecule has 1 N–H and O–H groups in total. The molecule has 1 heterocycles. The van der Waals surface area contributed by atoms with E-state index in [0.29, 0.717) is 11.5 Å². The van der Waals surface area contributed by atoms with E-state index >= 15 is 0 Å². The maximum absolute atomic E-state index is 5.99. The number of thiophene rings is 1. The van der Waals surface area contributed by atoms with Gasteiger partial charge in [-0.1, -0.05) is 32.4 Å². The molecule has 0 aromatic carbocycles. The van der Waals surface area contributed by atoms with E-state index in [1.807, 2.05) is 6.07 Å². The summed E-state index contributed by atoms with van der Waals surface area (Å²) < 4.78 is 0.895. The summed E-state index contributed by atoms with van der Waals surface area (Å²) in [6, 6.07) is 4.67. The second kappa shape index (κ2) is 4.08. The highest BCUT2D eigenvalue weighted by Crippen LogP contribution is 2.58. The van der Waals surface area contributed by atoms with Gasteiger partial charge in [0.25, 0.3) is 0 Å². The molecule has 1 aromatic rings. The quantitative estimate of drug-likeness (QED) is 0.840. The minimum Gasteiger partial charge on any atom is -0.309 e. The van der Waals surface area contributed by atoms with Crippen LogP contribution in [0, 0.1) is 11.3 Å². The lowest BCUT2D eigenvalue weighted by Crippen LogP contribution is -2.23. The Labute approximate surface area is 101 Å². The van der Waals surface area contributed by atoms with Crippen molar-refractivity contribution < 1.29 is 0 Å². The Morgan fingerprint density at radius 2 is 2.27 bits per heavy atom. The maximum Gasteiger partial charge on any atom is 0.0931 e. The fraction of sp³-hybridized carbons (Fsp3) is 0.667. The molecule has 0 bridgehead atoms. The van der Waals surface area contributed by atoms with E-state index in [1.165, 1.54) is 11.3 Å². The lowest BCUT2D eigenvalue weighted by molar-refractivity contribution is 0.428. The zero-order valence-corrected chi connectivity index (χ0v) is 11.1. The molecule has 1 aromatic heterocycles. The van der Waals surface area contributed by atoms with E-state index in [9.17, 15) is 0 Å². The third kappa shape index (κ3) is 2.38. The second-order valence-corrected chi connectivity index (χ2v) is 6.72. The highest BCUT2D eigenvalue weighted by Gasteiger charge is 2.50. The predicted octanol–water partition coefficient (Wildman–Crippen LogP) is 4.10. The Kier molecular flexibility index (Phi) is 3.11. The van der Waals surface area contributed by atoms with Crippen LogP contribution in [-0.4, -0.2) is 6.54 Å². The van der Waals surface area contributed by atoms with Crippen LogP contribution in [0.4, 0.5) is 0 Å². The van der Waals surface area contributed by atoms with Gasteiger partial charge in [0, 0.05) is 10.9 Å². The molecule has 0 saturated heterocycles. The SMILES string of the molecule is CCNC(c1ccc(Cl)s1)C1CC1(C)C. The molecule has 15 heavy (non-hydrogen) atoms. The van der Waals surface area contributed by atoms with E-state index < -0.39 is 0 Å². The van der Waals surface area contributed by atoms with Crippen molar-refractivity contribution in [2.24, 2.45) is 11.3 Å². The van der Waals surface area contributed by atoms with Gasteiger partial charge in [-0.15, -0.1) is 11.3 Å². The number of hydrogen-bond donors (Lipinski definition) is 1. The third-order valence-electron chi connectivity index (χ3n) is 3.32. The van der Waals surface area contributed by atoms with Crippen LogP contribution in [0.3, 0.4) is 0 Å². The van der Waals surface area contributed by atoms with Gasteiger partial charge >= 0.3 is 0 Å². The molecule has 0 spiro atoms. The van der Waals surface area contributed by atoms with Gasteiger partial charge < -0.3 is 5.32 Å². The van der Waals surface area contributed by atoms with Gasteiger partial charge in [-0.25, -0.2) is 0 Å². The molecule has 2 atom stereocenters. The summed E-state index contributed by atoms with van der Waals surface area (Å²) in [5, 5.41) is 3.58. The van der Waals surface area contributed by atoms with Gasteiger partial charge in [0.2, 0.25) is 0 Å². The predicted molar refractivity (Wildman–Crippen MR) is 67.6 cm³/mol. The molecule has 1 aliphatic carbocycles. The topological polar surface area (TPSA) is 12.0 Å². The molecule has 0 aliphatic heterocycles. The van der Waals surface area contributed by atoms with E-state index in [0.717, 1.165) is 16.8 Å². The number of rotatable bonds is 4. The minimum absolute atomic E-state index is 0.502. The van der Waals surface area contributed by atoms with Crippen molar-refractivity contribution in [3.8, 4) is 0 Å². The first kappa shape index (κ1) is 11.4. The lowest BCUT2D eigenvalue weighted by Gasteiger charge is -2.18. The Balaban J connectivity index is 2.14. The molecule has 84 valence electrons. The average Bonchev–Trinajstić information content (AvgIpc) is 2.59. The standard InChI is InChI=1S/C12H18ClNS/c1-4-14-11(8-7-12(8,2)3)9-5-6-10(13)15-9/h5-6,8,11,14H,4,7H2,1-3H3. The van der Waals surface area contributed by atoms with Crippen molar-refractivity contribution in [1.82, 2.24) is 5.32 Å². The normalized spacial score (nSPS) is 25.2. The molecule has 1 fully saturated rings. The molecule has 0 amide bonds. The van der Waals surface area contributed by atoms with Crippen molar-refractivity contribution in [1.29, 1.82) is 0 Å². The second-order valence-electron chi connectivity index (χ2n) is 4.98. The molecule has 1 aliphatic rings. The van der Waals surface area contributed by atoms with Gasteiger partial charge in [-0.2, -0.15) is 0 Å². The molecule has 1 saturated carbocycles. The van der Waals surface area contributed by atoms with E-state index in [2.05, 4.69) is 32.2 Å². The van der Waals surface area contributed by atoms with Gasteiger partial charge in [0.1, 0.15) is 0 Å². The fourth-order valence-corrected chi connectivity index (χ4v) is 3.44. The highest BCUT2D eigenvalue weighted by molar-refractivity contribution is 7.16. The lowest BCUT2D eigenvalue weighted by atomic mass is 10.0. The van der Waals surface area contributed by atoms with Crippen LogP contribution in [0.2, 0.25) is 4.34 Å². The summed E-state index contributed by atoms with van der Waals surface area (Å²) in [6.45, 7) is 7.87. The molecule has 2 unspecified atom stereocenters. The van der Waals surface area contributed by atoms with Crippen molar-refractivity contribution in [2.45, 2.75) is 33.2 Å². The van der Waals surface area contributed by atoms with Crippen molar-refractivity contribution in [3.05, 3.63) is 21.3 Å². The first-order valence-electron chi connectivity index (χ1n) is 5.53. The van der Waals surface area contributed by atoms with E-state index in [1.54, 1.807) is 11.3 Å². The first-order valence-corrected chi connectivity index (χ1v) is 6.72. The molecule has 2 rings (SSSR count). The van der Waals surface area contributed by atoms with Crippen LogP contribution in [-0.2, 0) is 0 Å². The smallest absolute Gasteiger partial charge is 0.0931 e. The summed E-state index contributed by atoms with van der Waals surface area (Å²) in [4.78, 5) is 1.39. The summed E-state index contributed by atoms with van der Waals surface area (Å²) in [5.74, 6) is 0.771. The summed E-state index contributed by atoms with van der Waals surface area (Å²) in [7, 11) is 0. The van der Waals surface area contributed by atoms with Gasteiger partial charge in [0.15, 0.2) is 0 Å². The highest BCUT2D eigenvalue weighted by atomic mass is 35.5. The monoisotopic (exact) mass is 243 g/mol. The van der Waals surface area contributed by atoms with E-state index in [4.69, 9.17) is 11.6 Å². The van der Waals surface area contributed by atoms with Crippen molar-refractivity contribution in [3.63, 3.8) is 0 Å². The van der Waals surface area contributed by atoms with Crippen molar-refractivity contribution in [2.75, 3.05) is 6.54 Å². The molecule has 0 radical (unpaired) electrons. The van der Waals surface area contributed by atoms with Crippen LogP contribution in [0.1, 0.15) is 38.1 Å². The van der Waals surface area contributed by atoms with Crippen LogP contribution < -0.4 is 5.32 Å². The fourth-order valence-electron chi connectivity index (χ4n) is 2.23. The zero-order valence-electron chi connectivity index (χ0n) is 9.51. The van der Waals surface area contributed by atoms with Crippen LogP contribution >= 0.6 is 22.9 Å².